The highest BCUT2D eigenvalue weighted by molar-refractivity contribution is 4.84. The third kappa shape index (κ3) is 31.5. The van der Waals surface area contributed by atoms with Crippen LogP contribution in [0.4, 0.5) is 0 Å². The molecule has 0 saturated carbocycles. The Hall–Kier alpha value is -0.480. The predicted octanol–water partition coefficient (Wildman–Crippen LogP) is 12.9. The zero-order chi connectivity index (χ0) is 24.8. The third-order valence-corrected chi connectivity index (χ3v) is 7.32. The Morgan fingerprint density at radius 1 is 0.412 bits per heavy atom. The molecule has 0 aromatic rings. The van der Waals surface area contributed by atoms with E-state index in [2.05, 4.69) is 38.7 Å². The van der Waals surface area contributed by atoms with Crippen molar-refractivity contribution in [2.24, 2.45) is 5.92 Å². The molecule has 0 saturated heterocycles. The molecule has 0 nitrogen and oxygen atoms in total. The van der Waals surface area contributed by atoms with Gasteiger partial charge in [-0.1, -0.05) is 168 Å². The molecule has 0 heteroatoms. The first-order valence-corrected chi connectivity index (χ1v) is 16.2. The van der Waals surface area contributed by atoms with Crippen LogP contribution >= 0.6 is 0 Å². The Balaban J connectivity index is 3.16. The Kier molecular flexibility index (Phi) is 30.1. The molecule has 0 aromatic carbocycles. The minimum atomic E-state index is 0.889. The summed E-state index contributed by atoms with van der Waals surface area (Å²) >= 11 is 0. The molecule has 0 amide bonds. The molecule has 0 rings (SSSR count). The molecule has 0 aromatic heterocycles. The molecule has 202 valence electrons. The lowest BCUT2D eigenvalue weighted by atomic mass is 10.0. The number of unbranched alkanes of at least 4 members (excludes halogenated alkanes) is 24. The monoisotopic (exact) mass is 475 g/mol. The predicted molar refractivity (Wildman–Crippen MR) is 158 cm³/mol. The average molecular weight is 475 g/mol. The van der Waals surface area contributed by atoms with Crippen LogP contribution in [-0.4, -0.2) is 0 Å². The lowest BCUT2D eigenvalue weighted by Gasteiger charge is -2.04. The van der Waals surface area contributed by atoms with Gasteiger partial charge in [-0.25, -0.2) is 0 Å². The first-order chi connectivity index (χ1) is 16.8. The van der Waals surface area contributed by atoms with E-state index in [1.807, 2.05) is 0 Å². The molecule has 0 aliphatic heterocycles. The van der Waals surface area contributed by atoms with E-state index in [4.69, 9.17) is 0 Å². The van der Waals surface area contributed by atoms with Crippen LogP contribution in [0.1, 0.15) is 194 Å². The number of hydrogen-bond donors (Lipinski definition) is 0. The van der Waals surface area contributed by atoms with Gasteiger partial charge in [0.2, 0.25) is 0 Å². The van der Waals surface area contributed by atoms with Gasteiger partial charge in [0.05, 0.1) is 0 Å². The van der Waals surface area contributed by atoms with Crippen LogP contribution in [0.3, 0.4) is 0 Å². The minimum Gasteiger partial charge on any atom is -0.130 e. The lowest BCUT2D eigenvalue weighted by molar-refractivity contribution is 0.504. The second-order valence-corrected chi connectivity index (χ2v) is 11.5. The topological polar surface area (TPSA) is 0 Å². The van der Waals surface area contributed by atoms with Crippen molar-refractivity contribution in [1.82, 2.24) is 0 Å². The molecule has 0 radical (unpaired) electrons. The van der Waals surface area contributed by atoms with Crippen LogP contribution in [0.2, 0.25) is 0 Å². The standard InChI is InChI=1S/C34H66/c1-4-5-6-7-8-9-10-11-12-13-14-15-16-17-18-19-20-21-22-23-24-25-26-27-28-29-30-31-32-33-34(2)3/h18,20,34H,4-17,21-33H2,1-3H3. The molecule has 0 N–H and O–H groups in total. The molecule has 0 aliphatic carbocycles. The lowest BCUT2D eigenvalue weighted by Crippen LogP contribution is -1.87. The van der Waals surface area contributed by atoms with Crippen molar-refractivity contribution in [3.05, 3.63) is 17.9 Å². The van der Waals surface area contributed by atoms with Gasteiger partial charge >= 0.3 is 0 Å². The fourth-order valence-corrected chi connectivity index (χ4v) is 4.90. The third-order valence-electron chi connectivity index (χ3n) is 7.32. The highest BCUT2D eigenvalue weighted by Crippen LogP contribution is 2.15. The van der Waals surface area contributed by atoms with Gasteiger partial charge in [-0.2, -0.15) is 0 Å². The van der Waals surface area contributed by atoms with Crippen molar-refractivity contribution in [2.45, 2.75) is 194 Å². The van der Waals surface area contributed by atoms with Gasteiger partial charge in [0.25, 0.3) is 0 Å². The van der Waals surface area contributed by atoms with E-state index in [0.717, 1.165) is 5.92 Å². The maximum atomic E-state index is 3.42. The summed E-state index contributed by atoms with van der Waals surface area (Å²) in [7, 11) is 0. The molecule has 0 unspecified atom stereocenters. The summed E-state index contributed by atoms with van der Waals surface area (Å²) in [5, 5.41) is 0. The summed E-state index contributed by atoms with van der Waals surface area (Å²) in [5.41, 5.74) is 3.42. The van der Waals surface area contributed by atoms with E-state index < -0.39 is 0 Å². The van der Waals surface area contributed by atoms with Crippen molar-refractivity contribution < 1.29 is 0 Å². The van der Waals surface area contributed by atoms with Crippen LogP contribution in [0, 0.1) is 5.92 Å². The van der Waals surface area contributed by atoms with Gasteiger partial charge in [0, 0.05) is 0 Å². The van der Waals surface area contributed by atoms with Gasteiger partial charge in [0.15, 0.2) is 0 Å². The summed E-state index contributed by atoms with van der Waals surface area (Å²) in [5.74, 6) is 0.889. The average Bonchev–Trinajstić information content (AvgIpc) is 2.83. The molecule has 0 fully saturated rings. The van der Waals surface area contributed by atoms with Gasteiger partial charge in [-0.05, 0) is 43.8 Å². The maximum absolute atomic E-state index is 3.42. The molecule has 0 heterocycles. The molecule has 0 aliphatic rings. The van der Waals surface area contributed by atoms with Crippen molar-refractivity contribution >= 4 is 0 Å². The normalized spacial score (nSPS) is 11.2. The summed E-state index contributed by atoms with van der Waals surface area (Å²) in [4.78, 5) is 0. The summed E-state index contributed by atoms with van der Waals surface area (Å²) in [6.45, 7) is 6.98. The number of hydrogen-bond acceptors (Lipinski definition) is 0. The Labute approximate surface area is 217 Å². The van der Waals surface area contributed by atoms with Gasteiger partial charge in [0.1, 0.15) is 0 Å². The maximum Gasteiger partial charge on any atom is -0.0274 e. The zero-order valence-electron chi connectivity index (χ0n) is 24.3. The van der Waals surface area contributed by atoms with Crippen LogP contribution in [0.5, 0.6) is 0 Å². The Morgan fingerprint density at radius 3 is 1.03 bits per heavy atom. The zero-order valence-corrected chi connectivity index (χ0v) is 24.3. The van der Waals surface area contributed by atoms with Gasteiger partial charge in [-0.3, -0.25) is 0 Å². The Morgan fingerprint density at radius 2 is 0.706 bits per heavy atom. The fourth-order valence-electron chi connectivity index (χ4n) is 4.90. The van der Waals surface area contributed by atoms with E-state index in [0.29, 0.717) is 0 Å². The van der Waals surface area contributed by atoms with Gasteiger partial charge < -0.3 is 0 Å². The van der Waals surface area contributed by atoms with Crippen LogP contribution < -0.4 is 0 Å². The first-order valence-electron chi connectivity index (χ1n) is 16.2. The van der Waals surface area contributed by atoms with E-state index in [1.165, 1.54) is 173 Å². The van der Waals surface area contributed by atoms with Crippen molar-refractivity contribution in [2.75, 3.05) is 0 Å². The van der Waals surface area contributed by atoms with Gasteiger partial charge in [-0.15, -0.1) is 5.73 Å². The summed E-state index contributed by atoms with van der Waals surface area (Å²) < 4.78 is 0. The van der Waals surface area contributed by atoms with Crippen LogP contribution in [0.25, 0.3) is 0 Å². The minimum absolute atomic E-state index is 0.889. The summed E-state index contributed by atoms with van der Waals surface area (Å²) in [6.07, 6.45) is 43.0. The molecule has 0 spiro atoms. The number of rotatable bonds is 28. The highest BCUT2D eigenvalue weighted by atomic mass is 14.0. The van der Waals surface area contributed by atoms with Crippen molar-refractivity contribution in [1.29, 1.82) is 0 Å². The van der Waals surface area contributed by atoms with E-state index in [-0.39, 0.29) is 0 Å². The molecule has 0 atom stereocenters. The molecular formula is C34H66. The van der Waals surface area contributed by atoms with E-state index in [1.54, 1.807) is 0 Å². The number of allylic oxidation sites excluding steroid dienone is 1. The SMILES string of the molecule is CCCCCCCCCCCCCCCC=C=CCCCCCCCCCCCCCC(C)C. The fraction of sp³-hybridized carbons (Fsp3) is 0.912. The summed E-state index contributed by atoms with van der Waals surface area (Å²) in [6, 6.07) is 0. The van der Waals surface area contributed by atoms with Crippen molar-refractivity contribution in [3.63, 3.8) is 0 Å². The van der Waals surface area contributed by atoms with Crippen molar-refractivity contribution in [3.8, 4) is 0 Å². The molecule has 34 heavy (non-hydrogen) atoms. The highest BCUT2D eigenvalue weighted by Gasteiger charge is 1.96. The molecule has 0 bridgehead atoms. The largest absolute Gasteiger partial charge is 0.130 e. The second kappa shape index (κ2) is 30.6. The van der Waals surface area contributed by atoms with Crippen LogP contribution in [0.15, 0.2) is 17.9 Å². The van der Waals surface area contributed by atoms with E-state index >= 15 is 0 Å². The molecular weight excluding hydrogens is 408 g/mol. The first kappa shape index (κ1) is 33.5. The Bertz CT molecular complexity index is 412. The quantitative estimate of drug-likeness (QED) is 0.0781. The second-order valence-electron chi connectivity index (χ2n) is 11.5. The van der Waals surface area contributed by atoms with E-state index in [9.17, 15) is 0 Å². The smallest absolute Gasteiger partial charge is 0.0274 e. The van der Waals surface area contributed by atoms with Crippen LogP contribution in [-0.2, 0) is 0 Å².